The maximum atomic E-state index is 6.27. The van der Waals surface area contributed by atoms with Crippen LogP contribution in [0.3, 0.4) is 0 Å². The third-order valence-corrected chi connectivity index (χ3v) is 8.29. The zero-order chi connectivity index (χ0) is 28.3. The summed E-state index contributed by atoms with van der Waals surface area (Å²) in [5, 5.41) is 6.61. The van der Waals surface area contributed by atoms with Crippen LogP contribution in [0.4, 0.5) is 17.2 Å². The molecule has 0 aliphatic rings. The number of hydrogen-bond acceptors (Lipinski definition) is 4. The molecule has 0 atom stereocenters. The van der Waals surface area contributed by atoms with Gasteiger partial charge in [0.2, 0.25) is 0 Å². The summed E-state index contributed by atoms with van der Waals surface area (Å²) in [6, 6.07) is 48.4. The summed E-state index contributed by atoms with van der Waals surface area (Å²) in [7, 11) is 0. The van der Waals surface area contributed by atoms with E-state index in [1.54, 1.807) is 0 Å². The van der Waals surface area contributed by atoms with Crippen LogP contribution in [0.2, 0.25) is 0 Å². The van der Waals surface area contributed by atoms with Crippen LogP contribution in [-0.4, -0.2) is 4.98 Å². The lowest BCUT2D eigenvalue weighted by Crippen LogP contribution is -2.11. The SMILES string of the molecule is c1ccc(-c2ccc(N(c3ccc4oc5ccccc5c4c3)c3cc4c(cn3)oc3cc5ccccc5cc34)cc2)cc1. The Kier molecular flexibility index (Phi) is 5.16. The molecule has 6 aromatic carbocycles. The van der Waals surface area contributed by atoms with E-state index in [-0.39, 0.29) is 0 Å². The van der Waals surface area contributed by atoms with Gasteiger partial charge < -0.3 is 8.83 Å². The quantitative estimate of drug-likeness (QED) is 0.218. The molecule has 4 heteroatoms. The number of aromatic nitrogens is 1. The van der Waals surface area contributed by atoms with Gasteiger partial charge in [-0.15, -0.1) is 0 Å². The Labute approximate surface area is 247 Å². The summed E-state index contributed by atoms with van der Waals surface area (Å²) in [4.78, 5) is 7.15. The number of hydrogen-bond donors (Lipinski definition) is 0. The molecule has 3 aromatic heterocycles. The van der Waals surface area contributed by atoms with E-state index >= 15 is 0 Å². The fourth-order valence-corrected chi connectivity index (χ4v) is 6.18. The third kappa shape index (κ3) is 3.88. The van der Waals surface area contributed by atoms with Crippen molar-refractivity contribution >= 4 is 71.8 Å². The molecule has 0 bridgehead atoms. The molecule has 0 spiro atoms. The summed E-state index contributed by atoms with van der Waals surface area (Å²) in [5.74, 6) is 0.808. The summed E-state index contributed by atoms with van der Waals surface area (Å²) < 4.78 is 12.4. The first-order valence-electron chi connectivity index (χ1n) is 14.4. The Balaban J connectivity index is 1.25. The van der Waals surface area contributed by atoms with Crippen LogP contribution in [0, 0.1) is 0 Å². The average molecular weight is 553 g/mol. The van der Waals surface area contributed by atoms with Crippen LogP contribution in [0.15, 0.2) is 155 Å². The van der Waals surface area contributed by atoms with Crippen molar-refractivity contribution in [2.45, 2.75) is 0 Å². The summed E-state index contributed by atoms with van der Waals surface area (Å²) in [5.41, 5.74) is 7.72. The van der Waals surface area contributed by atoms with Gasteiger partial charge in [-0.1, -0.05) is 84.9 Å². The number of pyridine rings is 1. The number of para-hydroxylation sites is 1. The van der Waals surface area contributed by atoms with E-state index in [0.29, 0.717) is 0 Å². The lowest BCUT2D eigenvalue weighted by atomic mass is 10.0. The number of benzene rings is 6. The van der Waals surface area contributed by atoms with Crippen molar-refractivity contribution in [2.24, 2.45) is 0 Å². The Morgan fingerprint density at radius 2 is 1.05 bits per heavy atom. The first-order chi connectivity index (χ1) is 21.3. The highest BCUT2D eigenvalue weighted by Gasteiger charge is 2.19. The van der Waals surface area contributed by atoms with Crippen molar-refractivity contribution in [1.29, 1.82) is 0 Å². The molecule has 0 radical (unpaired) electrons. The monoisotopic (exact) mass is 552 g/mol. The predicted octanol–water partition coefficient (Wildman–Crippen LogP) is 11.2. The van der Waals surface area contributed by atoms with Crippen LogP contribution < -0.4 is 4.90 Å². The smallest absolute Gasteiger partial charge is 0.153 e. The highest BCUT2D eigenvalue weighted by Crippen LogP contribution is 2.41. The second kappa shape index (κ2) is 9.33. The molecule has 0 unspecified atom stereocenters. The molecule has 9 aromatic rings. The zero-order valence-corrected chi connectivity index (χ0v) is 23.1. The Morgan fingerprint density at radius 1 is 0.419 bits per heavy atom. The minimum absolute atomic E-state index is 0.768. The van der Waals surface area contributed by atoms with Gasteiger partial charge in [0, 0.05) is 32.9 Å². The van der Waals surface area contributed by atoms with Crippen LogP contribution in [0.1, 0.15) is 0 Å². The maximum absolute atomic E-state index is 6.27. The second-order valence-electron chi connectivity index (χ2n) is 10.9. The van der Waals surface area contributed by atoms with Gasteiger partial charge in [0.1, 0.15) is 22.6 Å². The number of fused-ring (bicyclic) bond motifs is 7. The van der Waals surface area contributed by atoms with Crippen molar-refractivity contribution in [3.8, 4) is 11.1 Å². The van der Waals surface area contributed by atoms with Crippen molar-refractivity contribution in [2.75, 3.05) is 4.90 Å². The number of nitrogens with zero attached hydrogens (tertiary/aromatic N) is 2. The highest BCUT2D eigenvalue weighted by atomic mass is 16.3. The van der Waals surface area contributed by atoms with Gasteiger partial charge in [-0.2, -0.15) is 0 Å². The predicted molar refractivity (Wildman–Crippen MR) is 176 cm³/mol. The molecule has 9 rings (SSSR count). The van der Waals surface area contributed by atoms with E-state index in [1.807, 2.05) is 36.5 Å². The summed E-state index contributed by atoms with van der Waals surface area (Å²) in [6.45, 7) is 0. The molecule has 0 saturated heterocycles. The number of furan rings is 2. The molecule has 3 heterocycles. The van der Waals surface area contributed by atoms with E-state index in [2.05, 4.69) is 114 Å². The zero-order valence-electron chi connectivity index (χ0n) is 23.1. The van der Waals surface area contributed by atoms with Gasteiger partial charge in [-0.3, -0.25) is 4.90 Å². The van der Waals surface area contributed by atoms with Gasteiger partial charge in [0.15, 0.2) is 5.58 Å². The number of rotatable bonds is 4. The fraction of sp³-hybridized carbons (Fsp3) is 0. The molecule has 0 N–H and O–H groups in total. The van der Waals surface area contributed by atoms with E-state index < -0.39 is 0 Å². The van der Waals surface area contributed by atoms with Crippen LogP contribution in [-0.2, 0) is 0 Å². The normalized spacial score (nSPS) is 11.7. The van der Waals surface area contributed by atoms with Crippen molar-refractivity contribution in [3.63, 3.8) is 0 Å². The van der Waals surface area contributed by atoms with Crippen molar-refractivity contribution in [3.05, 3.63) is 146 Å². The lowest BCUT2D eigenvalue weighted by molar-refractivity contribution is 0.667. The van der Waals surface area contributed by atoms with E-state index in [9.17, 15) is 0 Å². The summed E-state index contributed by atoms with van der Waals surface area (Å²) in [6.07, 6.45) is 1.84. The van der Waals surface area contributed by atoms with E-state index in [4.69, 9.17) is 13.8 Å². The molecular weight excluding hydrogens is 528 g/mol. The molecule has 0 amide bonds. The third-order valence-electron chi connectivity index (χ3n) is 8.29. The summed E-state index contributed by atoms with van der Waals surface area (Å²) >= 11 is 0. The van der Waals surface area contributed by atoms with Crippen LogP contribution in [0.5, 0.6) is 0 Å². The molecule has 43 heavy (non-hydrogen) atoms. The first kappa shape index (κ1) is 23.8. The van der Waals surface area contributed by atoms with Gasteiger partial charge in [0.25, 0.3) is 0 Å². The Morgan fingerprint density at radius 3 is 1.91 bits per heavy atom. The average Bonchev–Trinajstić information content (AvgIpc) is 3.62. The highest BCUT2D eigenvalue weighted by molar-refractivity contribution is 6.11. The Bertz CT molecular complexity index is 2450. The van der Waals surface area contributed by atoms with Gasteiger partial charge in [0.05, 0.1) is 6.20 Å². The standard InChI is InChI=1S/C39H24N2O2/c1-2-8-25(9-3-1)26-14-16-29(17-15-26)41(30-18-19-36-33(22-30)31-12-6-7-13-35(31)42-36)39-23-34-32-20-27-10-4-5-11-28(27)21-37(32)43-38(34)24-40-39/h1-24H. The first-order valence-corrected chi connectivity index (χ1v) is 14.4. The molecule has 0 aliphatic heterocycles. The molecule has 202 valence electrons. The maximum Gasteiger partial charge on any atom is 0.153 e. The molecule has 0 saturated carbocycles. The molecule has 0 fully saturated rings. The Hall–Kier alpha value is -5.87. The van der Waals surface area contributed by atoms with Gasteiger partial charge >= 0.3 is 0 Å². The molecule has 0 aliphatic carbocycles. The largest absolute Gasteiger partial charge is 0.456 e. The minimum Gasteiger partial charge on any atom is -0.456 e. The lowest BCUT2D eigenvalue weighted by Gasteiger charge is -2.24. The van der Waals surface area contributed by atoms with Crippen LogP contribution in [0.25, 0.3) is 65.8 Å². The fourth-order valence-electron chi connectivity index (χ4n) is 6.18. The molecular formula is C39H24N2O2. The van der Waals surface area contributed by atoms with E-state index in [1.165, 1.54) is 10.9 Å². The second-order valence-corrected chi connectivity index (χ2v) is 10.9. The minimum atomic E-state index is 0.768. The van der Waals surface area contributed by atoms with Gasteiger partial charge in [-0.25, -0.2) is 4.98 Å². The van der Waals surface area contributed by atoms with Crippen LogP contribution >= 0.6 is 0 Å². The molecule has 4 nitrogen and oxygen atoms in total. The van der Waals surface area contributed by atoms with Gasteiger partial charge in [-0.05, 0) is 76.5 Å². The van der Waals surface area contributed by atoms with Crippen molar-refractivity contribution < 1.29 is 8.83 Å². The number of anilines is 3. The topological polar surface area (TPSA) is 42.4 Å². The van der Waals surface area contributed by atoms with E-state index in [0.717, 1.165) is 72.0 Å². The van der Waals surface area contributed by atoms with Crippen molar-refractivity contribution in [1.82, 2.24) is 4.98 Å².